The van der Waals surface area contributed by atoms with Gasteiger partial charge in [-0.25, -0.2) is 4.98 Å². The lowest BCUT2D eigenvalue weighted by molar-refractivity contribution is 0.380. The molecule has 2 aromatic heterocycles. The molecule has 2 aromatic rings. The van der Waals surface area contributed by atoms with Gasteiger partial charge in [-0.05, 0) is 42.6 Å². The molecule has 3 rings (SSSR count). The number of nitrogens with zero attached hydrogens (tertiary/aromatic N) is 2. The summed E-state index contributed by atoms with van der Waals surface area (Å²) < 4.78 is 4.29. The summed E-state index contributed by atoms with van der Waals surface area (Å²) >= 11 is 3.08. The Morgan fingerprint density at radius 1 is 1.45 bits per heavy atom. The third-order valence-corrected chi connectivity index (χ3v) is 5.90. The summed E-state index contributed by atoms with van der Waals surface area (Å²) in [6.07, 6.45) is 2.63. The van der Waals surface area contributed by atoms with E-state index in [0.29, 0.717) is 17.2 Å². The zero-order valence-electron chi connectivity index (χ0n) is 12.1. The van der Waals surface area contributed by atoms with E-state index in [1.165, 1.54) is 24.4 Å². The second-order valence-electron chi connectivity index (χ2n) is 5.89. The molecule has 0 amide bonds. The van der Waals surface area contributed by atoms with Gasteiger partial charge in [-0.15, -0.1) is 11.3 Å². The summed E-state index contributed by atoms with van der Waals surface area (Å²) in [5.41, 5.74) is 8.40. The number of aromatic nitrogens is 2. The molecular formula is C14H20N4S2. The maximum atomic E-state index is 6.02. The van der Waals surface area contributed by atoms with Crippen LogP contribution in [0.15, 0.2) is 5.38 Å². The van der Waals surface area contributed by atoms with Crippen LogP contribution in [-0.4, -0.2) is 15.9 Å². The first-order valence-electron chi connectivity index (χ1n) is 6.93. The molecule has 0 aromatic carbocycles. The summed E-state index contributed by atoms with van der Waals surface area (Å²) in [6.45, 7) is 7.62. The Bertz CT molecular complexity index is 610. The second-order valence-corrected chi connectivity index (χ2v) is 7.73. The van der Waals surface area contributed by atoms with Gasteiger partial charge in [0.1, 0.15) is 10.8 Å². The maximum absolute atomic E-state index is 6.02. The molecule has 0 aliphatic heterocycles. The topological polar surface area (TPSA) is 63.8 Å². The normalized spacial score (nSPS) is 16.6. The molecule has 1 aliphatic carbocycles. The summed E-state index contributed by atoms with van der Waals surface area (Å²) in [6, 6.07) is 0. The van der Waals surface area contributed by atoms with Crippen molar-refractivity contribution in [2.45, 2.75) is 33.6 Å². The molecule has 1 fully saturated rings. The molecule has 3 N–H and O–H groups in total. The third kappa shape index (κ3) is 2.42. The molecule has 108 valence electrons. The minimum atomic E-state index is 0.466. The number of thiazole rings is 1. The Labute approximate surface area is 127 Å². The Hall–Kier alpha value is -1.14. The van der Waals surface area contributed by atoms with Crippen LogP contribution >= 0.6 is 22.9 Å². The largest absolute Gasteiger partial charge is 0.382 e. The highest BCUT2D eigenvalue weighted by molar-refractivity contribution is 7.11. The standard InChI is InChI=1S/C14H20N4S2/c1-8(2)14(4-5-14)7-16-13-11(12(15)18-20-13)10-6-19-9(3)17-10/h6,8,16H,4-5,7H2,1-3H3,(H2,15,18). The van der Waals surface area contributed by atoms with E-state index in [9.17, 15) is 0 Å². The number of rotatable bonds is 5. The van der Waals surface area contributed by atoms with E-state index in [4.69, 9.17) is 5.73 Å². The molecule has 0 unspecified atom stereocenters. The number of hydrogen-bond acceptors (Lipinski definition) is 6. The fourth-order valence-corrected chi connectivity index (χ4v) is 3.85. The van der Waals surface area contributed by atoms with Crippen molar-refractivity contribution in [2.75, 3.05) is 17.6 Å². The van der Waals surface area contributed by atoms with E-state index >= 15 is 0 Å². The smallest absolute Gasteiger partial charge is 0.148 e. The highest BCUT2D eigenvalue weighted by Gasteiger charge is 2.45. The maximum Gasteiger partial charge on any atom is 0.148 e. The molecule has 0 bridgehead atoms. The number of anilines is 2. The SMILES string of the molecule is Cc1nc(-c2c(N)nsc2NCC2(C(C)C)CC2)cs1. The molecule has 4 nitrogen and oxygen atoms in total. The number of aryl methyl sites for hydroxylation is 1. The fourth-order valence-electron chi connectivity index (χ4n) is 2.52. The Balaban J connectivity index is 1.81. The monoisotopic (exact) mass is 308 g/mol. The van der Waals surface area contributed by atoms with Crippen LogP contribution in [0.25, 0.3) is 11.3 Å². The molecule has 2 heterocycles. The van der Waals surface area contributed by atoms with Crippen LogP contribution in [0, 0.1) is 18.3 Å². The van der Waals surface area contributed by atoms with Gasteiger partial charge >= 0.3 is 0 Å². The van der Waals surface area contributed by atoms with Gasteiger partial charge in [-0.3, -0.25) is 0 Å². The predicted octanol–water partition coefficient (Wildman–Crippen LogP) is 4.01. The van der Waals surface area contributed by atoms with E-state index in [0.717, 1.165) is 27.8 Å². The highest BCUT2D eigenvalue weighted by atomic mass is 32.1. The zero-order valence-corrected chi connectivity index (χ0v) is 13.7. The van der Waals surface area contributed by atoms with Crippen molar-refractivity contribution in [1.82, 2.24) is 9.36 Å². The lowest BCUT2D eigenvalue weighted by Gasteiger charge is -2.20. The molecule has 0 saturated heterocycles. The molecular weight excluding hydrogens is 288 g/mol. The van der Waals surface area contributed by atoms with Crippen LogP contribution in [0.5, 0.6) is 0 Å². The average Bonchev–Trinajstić information content (AvgIpc) is 2.96. The Kier molecular flexibility index (Phi) is 3.46. The van der Waals surface area contributed by atoms with Crippen molar-refractivity contribution in [3.05, 3.63) is 10.4 Å². The van der Waals surface area contributed by atoms with Crippen LogP contribution in [-0.2, 0) is 0 Å². The van der Waals surface area contributed by atoms with Crippen molar-refractivity contribution in [2.24, 2.45) is 11.3 Å². The minimum Gasteiger partial charge on any atom is -0.382 e. The van der Waals surface area contributed by atoms with Crippen LogP contribution in [0.4, 0.5) is 10.8 Å². The van der Waals surface area contributed by atoms with Crippen LogP contribution in [0.1, 0.15) is 31.7 Å². The molecule has 20 heavy (non-hydrogen) atoms. The first-order chi connectivity index (χ1) is 9.52. The zero-order chi connectivity index (χ0) is 14.3. The molecule has 1 saturated carbocycles. The third-order valence-electron chi connectivity index (χ3n) is 4.31. The molecule has 1 aliphatic rings. The summed E-state index contributed by atoms with van der Waals surface area (Å²) in [5.74, 6) is 1.29. The van der Waals surface area contributed by atoms with E-state index in [1.807, 2.05) is 6.92 Å². The number of nitrogens with two attached hydrogens (primary N) is 1. The average molecular weight is 308 g/mol. The van der Waals surface area contributed by atoms with Gasteiger partial charge in [0, 0.05) is 11.9 Å². The van der Waals surface area contributed by atoms with Gasteiger partial charge < -0.3 is 11.1 Å². The minimum absolute atomic E-state index is 0.466. The number of hydrogen-bond donors (Lipinski definition) is 2. The molecule has 0 atom stereocenters. The summed E-state index contributed by atoms with van der Waals surface area (Å²) in [5, 5.41) is 7.73. The van der Waals surface area contributed by atoms with Crippen molar-refractivity contribution < 1.29 is 0 Å². The molecule has 0 radical (unpaired) electrons. The van der Waals surface area contributed by atoms with Crippen molar-refractivity contribution in [1.29, 1.82) is 0 Å². The lowest BCUT2D eigenvalue weighted by Crippen LogP contribution is -2.20. The van der Waals surface area contributed by atoms with Gasteiger partial charge in [0.05, 0.1) is 16.3 Å². The summed E-state index contributed by atoms with van der Waals surface area (Å²) in [7, 11) is 0. The quantitative estimate of drug-likeness (QED) is 0.876. The van der Waals surface area contributed by atoms with E-state index in [1.54, 1.807) is 11.3 Å². The van der Waals surface area contributed by atoms with Crippen molar-refractivity contribution in [3.63, 3.8) is 0 Å². The summed E-state index contributed by atoms with van der Waals surface area (Å²) in [4.78, 5) is 4.53. The molecule has 6 heteroatoms. The van der Waals surface area contributed by atoms with Crippen LogP contribution in [0.2, 0.25) is 0 Å². The Morgan fingerprint density at radius 3 is 2.75 bits per heavy atom. The van der Waals surface area contributed by atoms with E-state index < -0.39 is 0 Å². The number of nitrogens with one attached hydrogen (secondary N) is 1. The van der Waals surface area contributed by atoms with Crippen molar-refractivity contribution in [3.8, 4) is 11.3 Å². The predicted molar refractivity (Wildman–Crippen MR) is 87.4 cm³/mol. The fraction of sp³-hybridized carbons (Fsp3) is 0.571. The van der Waals surface area contributed by atoms with E-state index in [2.05, 4.69) is 33.9 Å². The van der Waals surface area contributed by atoms with Gasteiger partial charge in [0.25, 0.3) is 0 Å². The van der Waals surface area contributed by atoms with Crippen LogP contribution in [0.3, 0.4) is 0 Å². The van der Waals surface area contributed by atoms with Gasteiger partial charge in [0.2, 0.25) is 0 Å². The lowest BCUT2D eigenvalue weighted by atomic mass is 9.92. The van der Waals surface area contributed by atoms with Crippen molar-refractivity contribution >= 4 is 33.7 Å². The highest BCUT2D eigenvalue weighted by Crippen LogP contribution is 2.52. The van der Waals surface area contributed by atoms with Crippen LogP contribution < -0.4 is 11.1 Å². The first-order valence-corrected chi connectivity index (χ1v) is 8.59. The van der Waals surface area contributed by atoms with E-state index in [-0.39, 0.29) is 0 Å². The second kappa shape index (κ2) is 5.00. The van der Waals surface area contributed by atoms with Gasteiger partial charge in [-0.2, -0.15) is 4.37 Å². The number of nitrogen functional groups attached to an aromatic ring is 1. The molecule has 0 spiro atoms. The van der Waals surface area contributed by atoms with Gasteiger partial charge in [0.15, 0.2) is 0 Å². The first kappa shape index (κ1) is 13.8. The Morgan fingerprint density at radius 2 is 2.20 bits per heavy atom. The van der Waals surface area contributed by atoms with Gasteiger partial charge in [-0.1, -0.05) is 13.8 Å².